The number of aliphatic imine (C=N–C) groups is 1. The van der Waals surface area contributed by atoms with Gasteiger partial charge >= 0.3 is 0 Å². The van der Waals surface area contributed by atoms with E-state index in [1.807, 2.05) is 67.6 Å². The van der Waals surface area contributed by atoms with E-state index in [1.54, 1.807) is 4.90 Å². The summed E-state index contributed by atoms with van der Waals surface area (Å²) in [4.78, 5) is 59.9. The highest BCUT2D eigenvalue weighted by molar-refractivity contribution is 5.95. The number of nitrogens with one attached hydrogen (secondary N) is 3. The molecule has 0 aliphatic carbocycles. The van der Waals surface area contributed by atoms with Crippen LogP contribution in [0.15, 0.2) is 65.7 Å². The van der Waals surface area contributed by atoms with Crippen LogP contribution in [0.3, 0.4) is 0 Å². The van der Waals surface area contributed by atoms with Crippen LogP contribution in [-0.2, 0) is 32.0 Å². The van der Waals surface area contributed by atoms with E-state index in [-0.39, 0.29) is 24.8 Å². The Labute approximate surface area is 271 Å². The number of amides is 4. The van der Waals surface area contributed by atoms with Gasteiger partial charge in [0.1, 0.15) is 18.1 Å². The van der Waals surface area contributed by atoms with E-state index in [0.717, 1.165) is 43.2 Å². The van der Waals surface area contributed by atoms with Crippen LogP contribution in [0.5, 0.6) is 0 Å². The second-order valence-corrected chi connectivity index (χ2v) is 11.8. The molecular weight excluding hydrogens is 584 g/mol. The fourth-order valence-corrected chi connectivity index (χ4v) is 5.41. The highest BCUT2D eigenvalue weighted by atomic mass is 16.2. The van der Waals surface area contributed by atoms with Crippen molar-refractivity contribution >= 4 is 29.6 Å². The lowest BCUT2D eigenvalue weighted by Crippen LogP contribution is -2.59. The zero-order chi connectivity index (χ0) is 33.3. The molecule has 1 fully saturated rings. The second kappa shape index (κ2) is 19.2. The molecule has 0 saturated carbocycles. The third kappa shape index (κ3) is 12.2. The van der Waals surface area contributed by atoms with Crippen LogP contribution in [0.1, 0.15) is 63.0 Å². The summed E-state index contributed by atoms with van der Waals surface area (Å²) < 4.78 is 0. The molecule has 2 aromatic carbocycles. The zero-order valence-electron chi connectivity index (χ0n) is 26.8. The van der Waals surface area contributed by atoms with Gasteiger partial charge in [-0.25, -0.2) is 0 Å². The maximum Gasteiger partial charge on any atom is 0.247 e. The Morgan fingerprint density at radius 1 is 0.739 bits per heavy atom. The molecule has 1 saturated heterocycles. The first-order valence-corrected chi connectivity index (χ1v) is 16.3. The van der Waals surface area contributed by atoms with E-state index in [2.05, 4.69) is 20.9 Å². The maximum atomic E-state index is 13.8. The molecule has 46 heavy (non-hydrogen) atoms. The lowest BCUT2D eigenvalue weighted by molar-refractivity contribution is -0.137. The van der Waals surface area contributed by atoms with E-state index >= 15 is 0 Å². The number of unbranched alkanes of at least 4 members (excludes halogenated alkanes) is 1. The van der Waals surface area contributed by atoms with Gasteiger partial charge in [-0.1, -0.05) is 93.3 Å². The van der Waals surface area contributed by atoms with Crippen molar-refractivity contribution in [2.75, 3.05) is 19.6 Å². The monoisotopic (exact) mass is 634 g/mol. The number of guanidine groups is 1. The zero-order valence-corrected chi connectivity index (χ0v) is 26.8. The quantitative estimate of drug-likeness (QED) is 0.117. The molecule has 3 rings (SSSR count). The Kier molecular flexibility index (Phi) is 15.0. The highest BCUT2D eigenvalue weighted by Crippen LogP contribution is 2.12. The topological polar surface area (TPSA) is 198 Å². The first kappa shape index (κ1) is 36.0. The molecule has 0 aromatic heterocycles. The molecule has 0 spiro atoms. The number of carbonyl (C=O) groups excluding carboxylic acids is 4. The minimum atomic E-state index is -0.996. The highest BCUT2D eigenvalue weighted by Gasteiger charge is 2.32. The average molecular weight is 635 g/mol. The van der Waals surface area contributed by atoms with Gasteiger partial charge in [0, 0.05) is 19.5 Å². The van der Waals surface area contributed by atoms with Gasteiger partial charge in [0.25, 0.3) is 0 Å². The average Bonchev–Trinajstić information content (AvgIpc) is 3.35. The molecule has 4 atom stereocenters. The molecule has 1 aliphatic rings. The van der Waals surface area contributed by atoms with Gasteiger partial charge < -0.3 is 38.1 Å². The minimum Gasteiger partial charge on any atom is -0.370 e. The molecular formula is C34H50N8O4. The van der Waals surface area contributed by atoms with Crippen LogP contribution in [0.4, 0.5) is 0 Å². The van der Waals surface area contributed by atoms with Crippen LogP contribution < -0.4 is 33.2 Å². The van der Waals surface area contributed by atoms with Gasteiger partial charge in [-0.3, -0.25) is 24.2 Å². The van der Waals surface area contributed by atoms with E-state index in [4.69, 9.17) is 17.2 Å². The summed E-state index contributed by atoms with van der Waals surface area (Å²) in [6.07, 6.45) is 6.10. The van der Waals surface area contributed by atoms with Crippen molar-refractivity contribution < 1.29 is 19.2 Å². The van der Waals surface area contributed by atoms with Crippen molar-refractivity contribution in [1.82, 2.24) is 20.9 Å². The Bertz CT molecular complexity index is 1280. The van der Waals surface area contributed by atoms with Gasteiger partial charge in [-0.05, 0) is 36.8 Å². The predicted octanol–water partition coefficient (Wildman–Crippen LogP) is 1.12. The lowest BCUT2D eigenvalue weighted by Gasteiger charge is -2.28. The number of nitrogens with zero attached hydrogens (tertiary/aromatic N) is 2. The number of hydrogen-bond acceptors (Lipinski definition) is 6. The number of carbonyl (C=O) groups is 4. The molecule has 0 radical (unpaired) electrons. The lowest BCUT2D eigenvalue weighted by atomic mass is 10.0. The van der Waals surface area contributed by atoms with Crippen LogP contribution >= 0.6 is 0 Å². The summed E-state index contributed by atoms with van der Waals surface area (Å²) in [6, 6.07) is 14.9. The van der Waals surface area contributed by atoms with Crippen molar-refractivity contribution in [1.29, 1.82) is 0 Å². The Hall–Kier alpha value is -4.45. The molecule has 2 aromatic rings. The summed E-state index contributed by atoms with van der Waals surface area (Å²) in [6.45, 7) is 3.05. The summed E-state index contributed by atoms with van der Waals surface area (Å²) >= 11 is 0. The standard InChI is InChI=1S/C34H50N8O4/c1-2-3-18-27(31(44)41-29(23-38-34(36)37)33(46)42-19-12-4-5-13-20-42)39-32(45)28(22-25-16-10-7-11-17-25)40-30(43)26(35)21-24-14-8-6-9-15-24/h6-11,14-17,26-29H,2-5,12-13,18-23,35H2,1H3,(H,39,45)(H,40,43)(H,41,44)(H4,36,37,38)/t26-,27-,28-,29-/m1/s1. The Morgan fingerprint density at radius 2 is 1.26 bits per heavy atom. The largest absolute Gasteiger partial charge is 0.370 e. The number of rotatable bonds is 16. The van der Waals surface area contributed by atoms with E-state index in [0.29, 0.717) is 32.4 Å². The van der Waals surface area contributed by atoms with Crippen LogP contribution in [0, 0.1) is 0 Å². The van der Waals surface area contributed by atoms with Crippen LogP contribution in [0.2, 0.25) is 0 Å². The van der Waals surface area contributed by atoms with Gasteiger partial charge in [0.05, 0.1) is 12.6 Å². The summed E-state index contributed by atoms with van der Waals surface area (Å²) in [5, 5.41) is 8.47. The van der Waals surface area contributed by atoms with Crippen LogP contribution in [0.25, 0.3) is 0 Å². The normalized spacial score (nSPS) is 15.7. The van der Waals surface area contributed by atoms with E-state index in [9.17, 15) is 19.2 Å². The first-order chi connectivity index (χ1) is 22.2. The van der Waals surface area contributed by atoms with Crippen molar-refractivity contribution in [3.63, 3.8) is 0 Å². The fourth-order valence-electron chi connectivity index (χ4n) is 5.41. The smallest absolute Gasteiger partial charge is 0.247 e. The van der Waals surface area contributed by atoms with Crippen molar-refractivity contribution in [3.8, 4) is 0 Å². The molecule has 0 unspecified atom stereocenters. The molecule has 9 N–H and O–H groups in total. The van der Waals surface area contributed by atoms with Crippen molar-refractivity contribution in [2.45, 2.75) is 88.9 Å². The molecule has 4 amide bonds. The van der Waals surface area contributed by atoms with E-state index < -0.39 is 41.9 Å². The SMILES string of the molecule is CCCC[C@@H](NC(=O)[C@@H](Cc1ccccc1)NC(=O)[C@H](N)Cc1ccccc1)C(=O)N[C@H](CN=C(N)N)C(=O)N1CCCCCC1. The van der Waals surface area contributed by atoms with Crippen molar-refractivity contribution in [2.24, 2.45) is 22.2 Å². The number of nitrogens with two attached hydrogens (primary N) is 3. The predicted molar refractivity (Wildman–Crippen MR) is 179 cm³/mol. The molecule has 250 valence electrons. The number of benzene rings is 2. The minimum absolute atomic E-state index is 0.121. The fraction of sp³-hybridized carbons (Fsp3) is 0.500. The third-order valence-electron chi connectivity index (χ3n) is 8.02. The number of likely N-dealkylation sites (tertiary alicyclic amines) is 1. The van der Waals surface area contributed by atoms with Gasteiger partial charge in [-0.2, -0.15) is 0 Å². The molecule has 12 heteroatoms. The van der Waals surface area contributed by atoms with Crippen LogP contribution in [-0.4, -0.2) is 78.3 Å². The summed E-state index contributed by atoms with van der Waals surface area (Å²) in [7, 11) is 0. The summed E-state index contributed by atoms with van der Waals surface area (Å²) in [5.74, 6) is -1.98. The Morgan fingerprint density at radius 3 is 1.83 bits per heavy atom. The molecule has 1 heterocycles. The first-order valence-electron chi connectivity index (χ1n) is 16.3. The van der Waals surface area contributed by atoms with Gasteiger partial charge in [0.2, 0.25) is 23.6 Å². The maximum absolute atomic E-state index is 13.8. The van der Waals surface area contributed by atoms with Gasteiger partial charge in [0.15, 0.2) is 5.96 Å². The molecule has 0 bridgehead atoms. The molecule has 1 aliphatic heterocycles. The molecule has 12 nitrogen and oxygen atoms in total. The van der Waals surface area contributed by atoms with Gasteiger partial charge in [-0.15, -0.1) is 0 Å². The Balaban J connectivity index is 1.77. The summed E-state index contributed by atoms with van der Waals surface area (Å²) in [5.41, 5.74) is 19.1. The number of hydrogen-bond donors (Lipinski definition) is 6. The van der Waals surface area contributed by atoms with E-state index in [1.165, 1.54) is 0 Å². The second-order valence-electron chi connectivity index (χ2n) is 11.8. The van der Waals surface area contributed by atoms with Crippen molar-refractivity contribution in [3.05, 3.63) is 71.8 Å². The third-order valence-corrected chi connectivity index (χ3v) is 8.02.